The number of nitrogens with zero attached hydrogens (tertiary/aromatic N) is 1. The molecule has 1 N–H and O–H groups in total. The Balaban J connectivity index is 1.31. The van der Waals surface area contributed by atoms with Gasteiger partial charge < -0.3 is 14.8 Å². The van der Waals surface area contributed by atoms with Gasteiger partial charge in [-0.1, -0.05) is 25.0 Å². The minimum Gasteiger partial charge on any atom is -0.482 e. The molecule has 0 saturated carbocycles. The topological polar surface area (TPSA) is 119 Å². The fourth-order valence-electron chi connectivity index (χ4n) is 3.87. The Hall–Kier alpha value is -3.50. The normalized spacial score (nSPS) is 16.6. The van der Waals surface area contributed by atoms with Crippen molar-refractivity contribution < 1.29 is 32.3 Å². The number of nitrogens with one attached hydrogen (secondary N) is 1. The number of benzene rings is 2. The van der Waals surface area contributed by atoms with Gasteiger partial charge in [0.2, 0.25) is 10.0 Å². The largest absolute Gasteiger partial charge is 0.482 e. The third kappa shape index (κ3) is 6.14. The van der Waals surface area contributed by atoms with Gasteiger partial charge in [0.25, 0.3) is 5.91 Å². The molecule has 35 heavy (non-hydrogen) atoms. The van der Waals surface area contributed by atoms with Gasteiger partial charge in [0.15, 0.2) is 19.0 Å². The summed E-state index contributed by atoms with van der Waals surface area (Å²) in [5.41, 5.74) is 1.28. The molecule has 1 amide bonds. The maximum absolute atomic E-state index is 12.9. The van der Waals surface area contributed by atoms with E-state index in [4.69, 9.17) is 9.47 Å². The standard InChI is InChI=1S/C25H26N2O7S/c28-22(19-8-11-23-21(15-19)26-24(29)17-33-23)16-34-25(30)12-7-18-5-9-20(10-6-18)35(31,32)27-13-3-1-2-4-14-27/h5-12,15H,1-4,13-14,16-17H2,(H,26,29)/b12-7+. The molecule has 0 aromatic heterocycles. The summed E-state index contributed by atoms with van der Waals surface area (Å²) in [6, 6.07) is 10.8. The number of ketones is 1. The minimum absolute atomic E-state index is 0.0821. The predicted octanol–water partition coefficient (Wildman–Crippen LogP) is 3.02. The van der Waals surface area contributed by atoms with E-state index in [1.165, 1.54) is 40.7 Å². The molecule has 1 saturated heterocycles. The number of carbonyl (C=O) groups excluding carboxylic acids is 3. The number of carbonyl (C=O) groups is 3. The van der Waals surface area contributed by atoms with Crippen molar-refractivity contribution in [2.45, 2.75) is 30.6 Å². The summed E-state index contributed by atoms with van der Waals surface area (Å²) in [7, 11) is -3.54. The second-order valence-electron chi connectivity index (χ2n) is 8.30. The third-order valence-electron chi connectivity index (χ3n) is 5.77. The Bertz CT molecular complexity index is 1250. The highest BCUT2D eigenvalue weighted by atomic mass is 32.2. The van der Waals surface area contributed by atoms with Crippen LogP contribution in [0.5, 0.6) is 5.75 Å². The number of sulfonamides is 1. The summed E-state index contributed by atoms with van der Waals surface area (Å²) >= 11 is 0. The summed E-state index contributed by atoms with van der Waals surface area (Å²) in [5, 5.41) is 2.62. The molecule has 0 radical (unpaired) electrons. The molecule has 2 heterocycles. The number of hydrogen-bond acceptors (Lipinski definition) is 7. The molecular formula is C25H26N2O7S. The lowest BCUT2D eigenvalue weighted by molar-refractivity contribution is -0.136. The lowest BCUT2D eigenvalue weighted by Crippen LogP contribution is -2.31. The Kier molecular flexibility index (Phi) is 7.62. The molecule has 4 rings (SSSR count). The summed E-state index contributed by atoms with van der Waals surface area (Å²) in [6.07, 6.45) is 6.47. The van der Waals surface area contributed by atoms with Crippen LogP contribution in [0.15, 0.2) is 53.4 Å². The van der Waals surface area contributed by atoms with E-state index in [0.29, 0.717) is 30.1 Å². The van der Waals surface area contributed by atoms with Crippen molar-refractivity contribution in [1.82, 2.24) is 4.31 Å². The highest BCUT2D eigenvalue weighted by Crippen LogP contribution is 2.28. The summed E-state index contributed by atoms with van der Waals surface area (Å²) < 4.78 is 37.5. The van der Waals surface area contributed by atoms with Gasteiger partial charge in [-0.25, -0.2) is 13.2 Å². The quantitative estimate of drug-likeness (QED) is 0.354. The average molecular weight is 499 g/mol. The molecule has 0 unspecified atom stereocenters. The fraction of sp³-hybridized carbons (Fsp3) is 0.320. The molecule has 1 fully saturated rings. The Morgan fingerprint density at radius 1 is 1.03 bits per heavy atom. The first-order valence-corrected chi connectivity index (χ1v) is 12.8. The van der Waals surface area contributed by atoms with Crippen LogP contribution >= 0.6 is 0 Å². The van der Waals surface area contributed by atoms with E-state index >= 15 is 0 Å². The number of Topliss-reactive ketones (excluding diaryl/α,β-unsaturated/α-hetero) is 1. The van der Waals surface area contributed by atoms with E-state index in [2.05, 4.69) is 5.32 Å². The average Bonchev–Trinajstić information content (AvgIpc) is 3.16. The zero-order valence-electron chi connectivity index (χ0n) is 19.1. The van der Waals surface area contributed by atoms with Crippen molar-refractivity contribution in [3.05, 3.63) is 59.7 Å². The van der Waals surface area contributed by atoms with Crippen LogP contribution in [-0.2, 0) is 24.3 Å². The summed E-state index contributed by atoms with van der Waals surface area (Å²) in [5.74, 6) is -0.996. The number of amides is 1. The molecule has 10 heteroatoms. The molecule has 0 atom stereocenters. The number of rotatable bonds is 7. The van der Waals surface area contributed by atoms with Crippen molar-refractivity contribution in [2.75, 3.05) is 31.6 Å². The number of fused-ring (bicyclic) bond motifs is 1. The number of ether oxygens (including phenoxy) is 2. The molecule has 0 aliphatic carbocycles. The van der Waals surface area contributed by atoms with Crippen LogP contribution < -0.4 is 10.1 Å². The van der Waals surface area contributed by atoms with Gasteiger partial charge in [-0.05, 0) is 54.8 Å². The monoisotopic (exact) mass is 498 g/mol. The van der Waals surface area contributed by atoms with E-state index in [0.717, 1.165) is 25.7 Å². The van der Waals surface area contributed by atoms with Gasteiger partial charge in [0.1, 0.15) is 5.75 Å². The van der Waals surface area contributed by atoms with Crippen LogP contribution in [-0.4, -0.2) is 56.7 Å². The summed E-state index contributed by atoms with van der Waals surface area (Å²) in [6.45, 7) is 0.510. The molecule has 2 aromatic carbocycles. The predicted molar refractivity (Wildman–Crippen MR) is 129 cm³/mol. The first kappa shape index (κ1) is 24.6. The second kappa shape index (κ2) is 10.8. The highest BCUT2D eigenvalue weighted by molar-refractivity contribution is 7.89. The number of anilines is 1. The second-order valence-corrected chi connectivity index (χ2v) is 10.2. The molecule has 2 aliphatic heterocycles. The van der Waals surface area contributed by atoms with Crippen molar-refractivity contribution in [3.63, 3.8) is 0 Å². The van der Waals surface area contributed by atoms with Gasteiger partial charge in [0, 0.05) is 24.7 Å². The van der Waals surface area contributed by atoms with Gasteiger partial charge in [0.05, 0.1) is 10.6 Å². The summed E-state index contributed by atoms with van der Waals surface area (Å²) in [4.78, 5) is 36.1. The van der Waals surface area contributed by atoms with Crippen LogP contribution in [0.1, 0.15) is 41.6 Å². The first-order valence-electron chi connectivity index (χ1n) is 11.4. The number of esters is 1. The Morgan fingerprint density at radius 2 is 1.74 bits per heavy atom. The van der Waals surface area contributed by atoms with E-state index in [1.807, 2.05) is 0 Å². The molecular weight excluding hydrogens is 472 g/mol. The molecule has 0 spiro atoms. The van der Waals surface area contributed by atoms with Crippen molar-refractivity contribution in [3.8, 4) is 5.75 Å². The molecule has 0 bridgehead atoms. The minimum atomic E-state index is -3.54. The maximum atomic E-state index is 12.9. The first-order chi connectivity index (χ1) is 16.8. The van der Waals surface area contributed by atoms with Crippen LogP contribution in [0.3, 0.4) is 0 Å². The highest BCUT2D eigenvalue weighted by Gasteiger charge is 2.25. The van der Waals surface area contributed by atoms with Crippen LogP contribution in [0.4, 0.5) is 5.69 Å². The van der Waals surface area contributed by atoms with Gasteiger partial charge >= 0.3 is 5.97 Å². The zero-order chi connectivity index (χ0) is 24.8. The molecule has 184 valence electrons. The fourth-order valence-corrected chi connectivity index (χ4v) is 5.39. The van der Waals surface area contributed by atoms with Crippen LogP contribution in [0.2, 0.25) is 0 Å². The lowest BCUT2D eigenvalue weighted by atomic mass is 10.1. The van der Waals surface area contributed by atoms with Gasteiger partial charge in [-0.2, -0.15) is 4.31 Å². The van der Waals surface area contributed by atoms with E-state index in [1.54, 1.807) is 18.2 Å². The van der Waals surface area contributed by atoms with Crippen molar-refractivity contribution in [1.29, 1.82) is 0 Å². The van der Waals surface area contributed by atoms with Crippen LogP contribution in [0, 0.1) is 0 Å². The molecule has 2 aliphatic rings. The van der Waals surface area contributed by atoms with Gasteiger partial charge in [-0.3, -0.25) is 9.59 Å². The SMILES string of the molecule is O=C1COc2ccc(C(=O)COC(=O)/C=C/c3ccc(S(=O)(=O)N4CCCCCC4)cc3)cc2N1. The Labute approximate surface area is 203 Å². The third-order valence-corrected chi connectivity index (χ3v) is 7.69. The molecule has 2 aromatic rings. The Morgan fingerprint density at radius 3 is 2.46 bits per heavy atom. The molecule has 9 nitrogen and oxygen atoms in total. The number of hydrogen-bond donors (Lipinski definition) is 1. The maximum Gasteiger partial charge on any atom is 0.331 e. The van der Waals surface area contributed by atoms with E-state index in [9.17, 15) is 22.8 Å². The van der Waals surface area contributed by atoms with Crippen molar-refractivity contribution >= 4 is 39.4 Å². The smallest absolute Gasteiger partial charge is 0.331 e. The van der Waals surface area contributed by atoms with Crippen molar-refractivity contribution in [2.24, 2.45) is 0 Å². The van der Waals surface area contributed by atoms with Gasteiger partial charge in [-0.15, -0.1) is 0 Å². The van der Waals surface area contributed by atoms with E-state index < -0.39 is 28.4 Å². The lowest BCUT2D eigenvalue weighted by Gasteiger charge is -2.19. The van der Waals surface area contributed by atoms with Crippen LogP contribution in [0.25, 0.3) is 6.08 Å². The van der Waals surface area contributed by atoms with E-state index in [-0.39, 0.29) is 23.0 Å². The zero-order valence-corrected chi connectivity index (χ0v) is 19.9.